The molecule has 5 nitrogen and oxygen atoms in total. The van der Waals surface area contributed by atoms with Gasteiger partial charge < -0.3 is 25.1 Å². The summed E-state index contributed by atoms with van der Waals surface area (Å²) < 4.78 is 11.0. The highest BCUT2D eigenvalue weighted by Gasteiger charge is 2.12. The summed E-state index contributed by atoms with van der Waals surface area (Å²) in [5.74, 6) is 0. The van der Waals surface area contributed by atoms with Gasteiger partial charge in [-0.1, -0.05) is 12.2 Å². The molecule has 1 atom stereocenters. The summed E-state index contributed by atoms with van der Waals surface area (Å²) in [6, 6.07) is 6.53. The van der Waals surface area contributed by atoms with Crippen LogP contribution in [0.1, 0.15) is 24.8 Å². The van der Waals surface area contributed by atoms with E-state index in [2.05, 4.69) is 0 Å². The Morgan fingerprint density at radius 3 is 2.68 bits per heavy atom. The number of benzene rings is 1. The van der Waals surface area contributed by atoms with Crippen molar-refractivity contribution in [2.45, 2.75) is 25.6 Å². The maximum absolute atomic E-state index is 10.6. The van der Waals surface area contributed by atoms with Crippen molar-refractivity contribution in [3.8, 4) is 0 Å². The van der Waals surface area contributed by atoms with Crippen LogP contribution in [0, 0.1) is 10.4 Å². The second-order valence-corrected chi connectivity index (χ2v) is 4.44. The quantitative estimate of drug-likeness (QED) is 0.823. The number of nitrogens with one attached hydrogen (secondary N) is 1. The van der Waals surface area contributed by atoms with Crippen molar-refractivity contribution < 1.29 is 14.7 Å². The van der Waals surface area contributed by atoms with E-state index in [1.807, 2.05) is 12.2 Å². The third-order valence-corrected chi connectivity index (χ3v) is 2.97. The summed E-state index contributed by atoms with van der Waals surface area (Å²) in [6.07, 6.45) is 6.92. The average molecular weight is 264 g/mol. The Kier molecular flexibility index (Phi) is 5.50. The zero-order valence-electron chi connectivity index (χ0n) is 10.7. The first-order chi connectivity index (χ1) is 9.25. The Bertz CT molecular complexity index is 396. The first kappa shape index (κ1) is 14.2. The van der Waals surface area contributed by atoms with Crippen molar-refractivity contribution >= 4 is 11.8 Å². The smallest absolute Gasteiger partial charge is 0.157 e. The van der Waals surface area contributed by atoms with Gasteiger partial charge in [-0.3, -0.25) is 0 Å². The van der Waals surface area contributed by atoms with Crippen molar-refractivity contribution in [2.24, 2.45) is 0 Å². The molecular formula is C14H18NO4-. The fourth-order valence-electron chi connectivity index (χ4n) is 1.92. The van der Waals surface area contributed by atoms with E-state index in [1.54, 1.807) is 12.1 Å². The van der Waals surface area contributed by atoms with Crippen LogP contribution < -0.4 is 5.23 Å². The van der Waals surface area contributed by atoms with Gasteiger partial charge in [-0.25, -0.2) is 0 Å². The molecule has 1 aliphatic rings. The molecule has 1 aliphatic heterocycles. The summed E-state index contributed by atoms with van der Waals surface area (Å²) in [6.45, 7) is 1.27. The molecule has 1 N–H and O–H groups in total. The van der Waals surface area contributed by atoms with Gasteiger partial charge in [0.25, 0.3) is 0 Å². The number of hydrogen-bond acceptors (Lipinski definition) is 4. The topological polar surface area (TPSA) is 69.0 Å². The summed E-state index contributed by atoms with van der Waals surface area (Å²) >= 11 is 0. The monoisotopic (exact) mass is 264 g/mol. The third kappa shape index (κ3) is 4.74. The van der Waals surface area contributed by atoms with Crippen LogP contribution in [0.3, 0.4) is 0 Å². The number of ether oxygens (including phenoxy) is 2. The molecule has 0 saturated carbocycles. The fourth-order valence-corrected chi connectivity index (χ4v) is 1.92. The molecule has 1 saturated heterocycles. The van der Waals surface area contributed by atoms with Crippen LogP contribution in [0.25, 0.3) is 6.08 Å². The summed E-state index contributed by atoms with van der Waals surface area (Å²) in [7, 11) is 0. The standard InChI is InChI=1S/C14H18NO4/c16-15(17)13-8-6-12(7-9-13)4-3-11-19-14-5-1-2-10-18-14/h3-4,6-9,14-15H,1-2,5,10-11H2/q-1/b4-3+. The summed E-state index contributed by atoms with van der Waals surface area (Å²) in [4.78, 5) is 0. The average Bonchev–Trinajstić information content (AvgIpc) is 2.45. The van der Waals surface area contributed by atoms with E-state index in [0.717, 1.165) is 31.4 Å². The second kappa shape index (κ2) is 7.37. The highest BCUT2D eigenvalue weighted by atomic mass is 16.8. The summed E-state index contributed by atoms with van der Waals surface area (Å²) in [5, 5.41) is 20.0. The van der Waals surface area contributed by atoms with E-state index in [9.17, 15) is 10.4 Å². The number of quaternary nitrogens is 1. The predicted octanol–water partition coefficient (Wildman–Crippen LogP) is 1.76. The fraction of sp³-hybridized carbons (Fsp3) is 0.429. The van der Waals surface area contributed by atoms with Crippen LogP contribution in [-0.4, -0.2) is 19.5 Å². The first-order valence-electron chi connectivity index (χ1n) is 6.47. The van der Waals surface area contributed by atoms with Gasteiger partial charge in [0.1, 0.15) is 5.69 Å². The predicted molar refractivity (Wildman–Crippen MR) is 72.4 cm³/mol. The van der Waals surface area contributed by atoms with Gasteiger partial charge in [-0.2, -0.15) is 0 Å². The molecule has 104 valence electrons. The van der Waals surface area contributed by atoms with Crippen molar-refractivity contribution in [3.05, 3.63) is 46.3 Å². The van der Waals surface area contributed by atoms with E-state index in [0.29, 0.717) is 6.61 Å². The van der Waals surface area contributed by atoms with Gasteiger partial charge in [0.15, 0.2) is 6.29 Å². The Labute approximate surface area is 112 Å². The Hall–Kier alpha value is -1.24. The maximum atomic E-state index is 10.6. The Morgan fingerprint density at radius 1 is 1.26 bits per heavy atom. The van der Waals surface area contributed by atoms with E-state index in [4.69, 9.17) is 9.47 Å². The minimum absolute atomic E-state index is 0.0844. The van der Waals surface area contributed by atoms with Gasteiger partial charge in [0.05, 0.1) is 6.61 Å². The van der Waals surface area contributed by atoms with E-state index in [-0.39, 0.29) is 12.0 Å². The molecule has 0 aromatic heterocycles. The van der Waals surface area contributed by atoms with E-state index < -0.39 is 5.23 Å². The van der Waals surface area contributed by atoms with Gasteiger partial charge in [-0.15, -0.1) is 0 Å². The van der Waals surface area contributed by atoms with Crippen LogP contribution in [-0.2, 0) is 9.47 Å². The molecule has 1 unspecified atom stereocenters. The van der Waals surface area contributed by atoms with Gasteiger partial charge in [0.2, 0.25) is 0 Å². The van der Waals surface area contributed by atoms with Gasteiger partial charge >= 0.3 is 0 Å². The molecule has 2 rings (SSSR count). The van der Waals surface area contributed by atoms with Crippen LogP contribution in [0.5, 0.6) is 0 Å². The molecule has 0 aliphatic carbocycles. The highest BCUT2D eigenvalue weighted by molar-refractivity contribution is 5.51. The Morgan fingerprint density at radius 2 is 2.05 bits per heavy atom. The molecule has 19 heavy (non-hydrogen) atoms. The molecule has 5 heteroatoms. The highest BCUT2D eigenvalue weighted by Crippen LogP contribution is 2.13. The van der Waals surface area contributed by atoms with Crippen LogP contribution >= 0.6 is 0 Å². The molecule has 0 bridgehead atoms. The lowest BCUT2D eigenvalue weighted by atomic mass is 10.2. The van der Waals surface area contributed by atoms with Crippen molar-refractivity contribution in [2.75, 3.05) is 13.2 Å². The van der Waals surface area contributed by atoms with Crippen molar-refractivity contribution in [3.63, 3.8) is 0 Å². The second-order valence-electron chi connectivity index (χ2n) is 4.44. The molecule has 1 aromatic rings. The zero-order chi connectivity index (χ0) is 13.5. The van der Waals surface area contributed by atoms with Crippen molar-refractivity contribution in [1.82, 2.24) is 0 Å². The largest absolute Gasteiger partial charge is 0.628 e. The molecule has 0 amide bonds. The maximum Gasteiger partial charge on any atom is 0.157 e. The SMILES string of the molecule is [O-][NH+]([O-])c1ccc(/C=C/COC2CCCCO2)cc1. The summed E-state index contributed by atoms with van der Waals surface area (Å²) in [5.41, 5.74) is 1.11. The van der Waals surface area contributed by atoms with Gasteiger partial charge in [-0.05, 0) is 37.0 Å². The lowest BCUT2D eigenvalue weighted by Gasteiger charge is -2.24. The molecular weight excluding hydrogens is 246 g/mol. The van der Waals surface area contributed by atoms with Crippen LogP contribution in [0.15, 0.2) is 30.3 Å². The third-order valence-electron chi connectivity index (χ3n) is 2.97. The molecule has 1 fully saturated rings. The molecule has 1 aromatic carbocycles. The first-order valence-corrected chi connectivity index (χ1v) is 6.47. The van der Waals surface area contributed by atoms with Gasteiger partial charge in [0, 0.05) is 18.7 Å². The van der Waals surface area contributed by atoms with Crippen LogP contribution in [0.4, 0.5) is 5.69 Å². The molecule has 0 spiro atoms. The lowest BCUT2D eigenvalue weighted by molar-refractivity contribution is -0.715. The normalized spacial score (nSPS) is 20.3. The zero-order valence-corrected chi connectivity index (χ0v) is 10.7. The van der Waals surface area contributed by atoms with Crippen molar-refractivity contribution in [1.29, 1.82) is 0 Å². The Balaban J connectivity index is 1.75. The van der Waals surface area contributed by atoms with E-state index in [1.165, 1.54) is 12.1 Å². The van der Waals surface area contributed by atoms with E-state index >= 15 is 0 Å². The number of hydrogen-bond donors (Lipinski definition) is 1. The minimum Gasteiger partial charge on any atom is -0.628 e. The number of rotatable bonds is 5. The molecule has 1 heterocycles. The lowest BCUT2D eigenvalue weighted by Crippen LogP contribution is -2.96. The molecule has 0 radical (unpaired) electrons. The van der Waals surface area contributed by atoms with Crippen LogP contribution in [0.2, 0.25) is 0 Å². The minimum atomic E-state index is -1.16.